The van der Waals surface area contributed by atoms with Gasteiger partial charge in [0.1, 0.15) is 5.15 Å². The Bertz CT molecular complexity index is 618. The van der Waals surface area contributed by atoms with Crippen LogP contribution in [-0.4, -0.2) is 14.9 Å². The molecule has 0 bridgehead atoms. The van der Waals surface area contributed by atoms with E-state index in [1.807, 2.05) is 24.3 Å². The number of aliphatic hydroxyl groups excluding tert-OH is 1. The Morgan fingerprint density at radius 3 is 2.55 bits per heavy atom. The van der Waals surface area contributed by atoms with Gasteiger partial charge in [-0.2, -0.15) is 5.10 Å². The third-order valence-electron chi connectivity index (χ3n) is 3.93. The number of hydrogen-bond donors (Lipinski definition) is 1. The van der Waals surface area contributed by atoms with Gasteiger partial charge in [0.05, 0.1) is 23.0 Å². The lowest BCUT2D eigenvalue weighted by molar-refractivity contribution is 0.280. The molecule has 0 saturated heterocycles. The van der Waals surface area contributed by atoms with Gasteiger partial charge in [0.25, 0.3) is 0 Å². The molecule has 2 aromatic rings. The summed E-state index contributed by atoms with van der Waals surface area (Å²) in [6, 6.07) is 7.45. The third-order valence-corrected chi connectivity index (χ3v) is 4.64. The maximum Gasteiger partial charge on any atom is 0.138 e. The van der Waals surface area contributed by atoms with Crippen LogP contribution in [0.4, 0.5) is 0 Å². The number of rotatable bonds is 3. The lowest BCUT2D eigenvalue weighted by atomic mass is 10.0. The summed E-state index contributed by atoms with van der Waals surface area (Å²) < 4.78 is 1.64. The van der Waals surface area contributed by atoms with Gasteiger partial charge in [-0.05, 0) is 25.0 Å². The van der Waals surface area contributed by atoms with Gasteiger partial charge < -0.3 is 5.11 Å². The number of para-hydroxylation sites is 1. The lowest BCUT2D eigenvalue weighted by Gasteiger charge is -2.07. The second kappa shape index (κ2) is 5.76. The van der Waals surface area contributed by atoms with E-state index in [9.17, 15) is 5.11 Å². The number of hydrogen-bond acceptors (Lipinski definition) is 2. The van der Waals surface area contributed by atoms with Gasteiger partial charge in [0, 0.05) is 11.5 Å². The average Bonchev–Trinajstić information content (AvgIpc) is 3.07. The van der Waals surface area contributed by atoms with Crippen LogP contribution >= 0.6 is 23.2 Å². The molecule has 0 unspecified atom stereocenters. The smallest absolute Gasteiger partial charge is 0.138 e. The quantitative estimate of drug-likeness (QED) is 0.916. The minimum Gasteiger partial charge on any atom is -0.391 e. The highest BCUT2D eigenvalue weighted by molar-refractivity contribution is 6.33. The van der Waals surface area contributed by atoms with Crippen molar-refractivity contribution in [2.45, 2.75) is 38.2 Å². The molecular weight excluding hydrogens is 295 g/mol. The molecule has 0 atom stereocenters. The number of benzene rings is 1. The summed E-state index contributed by atoms with van der Waals surface area (Å²) in [5.41, 5.74) is 2.41. The van der Waals surface area contributed by atoms with Crippen molar-refractivity contribution in [3.8, 4) is 5.69 Å². The molecule has 0 radical (unpaired) electrons. The molecule has 1 N–H and O–H groups in total. The molecule has 3 nitrogen and oxygen atoms in total. The van der Waals surface area contributed by atoms with E-state index in [1.54, 1.807) is 4.68 Å². The summed E-state index contributed by atoms with van der Waals surface area (Å²) >= 11 is 12.6. The molecule has 106 valence electrons. The SMILES string of the molecule is OCc1c(C2CCCC2)nn(-c2ccccc2Cl)c1Cl. The maximum absolute atomic E-state index is 9.62. The van der Waals surface area contributed by atoms with Crippen molar-refractivity contribution in [2.24, 2.45) is 0 Å². The molecule has 5 heteroatoms. The van der Waals surface area contributed by atoms with Crippen molar-refractivity contribution in [2.75, 3.05) is 0 Å². The summed E-state index contributed by atoms with van der Waals surface area (Å²) in [4.78, 5) is 0. The highest BCUT2D eigenvalue weighted by Crippen LogP contribution is 2.38. The topological polar surface area (TPSA) is 38.1 Å². The molecule has 0 amide bonds. The molecule has 1 aromatic heterocycles. The first-order valence-electron chi connectivity index (χ1n) is 6.85. The van der Waals surface area contributed by atoms with Crippen LogP contribution in [-0.2, 0) is 6.61 Å². The molecule has 20 heavy (non-hydrogen) atoms. The molecule has 1 saturated carbocycles. The van der Waals surface area contributed by atoms with Crippen molar-refractivity contribution in [1.29, 1.82) is 0 Å². The Balaban J connectivity index is 2.11. The zero-order chi connectivity index (χ0) is 14.1. The lowest BCUT2D eigenvalue weighted by Crippen LogP contribution is -2.00. The molecule has 1 aliphatic carbocycles. The summed E-state index contributed by atoms with van der Waals surface area (Å²) in [7, 11) is 0. The molecule has 3 rings (SSSR count). The molecule has 1 heterocycles. The van der Waals surface area contributed by atoms with E-state index in [4.69, 9.17) is 23.2 Å². The second-order valence-electron chi connectivity index (χ2n) is 5.16. The van der Waals surface area contributed by atoms with Gasteiger partial charge >= 0.3 is 0 Å². The molecule has 0 aliphatic heterocycles. The zero-order valence-electron chi connectivity index (χ0n) is 11.0. The average molecular weight is 311 g/mol. The fraction of sp³-hybridized carbons (Fsp3) is 0.400. The second-order valence-corrected chi connectivity index (χ2v) is 5.92. The van der Waals surface area contributed by atoms with E-state index >= 15 is 0 Å². The van der Waals surface area contributed by atoms with E-state index in [2.05, 4.69) is 5.10 Å². The molecule has 1 aromatic carbocycles. The van der Waals surface area contributed by atoms with Crippen molar-refractivity contribution in [3.63, 3.8) is 0 Å². The summed E-state index contributed by atoms with van der Waals surface area (Å²) in [6.07, 6.45) is 4.66. The first-order valence-corrected chi connectivity index (χ1v) is 7.61. The molecular formula is C15H16Cl2N2O. The monoisotopic (exact) mass is 310 g/mol. The maximum atomic E-state index is 9.62. The van der Waals surface area contributed by atoms with E-state index in [0.29, 0.717) is 16.1 Å². The Labute approximate surface area is 128 Å². The van der Waals surface area contributed by atoms with Crippen LogP contribution in [0.1, 0.15) is 42.9 Å². The van der Waals surface area contributed by atoms with Crippen molar-refractivity contribution < 1.29 is 5.11 Å². The van der Waals surface area contributed by atoms with Crippen molar-refractivity contribution in [3.05, 3.63) is 45.7 Å². The van der Waals surface area contributed by atoms with Crippen LogP contribution in [0.5, 0.6) is 0 Å². The fourth-order valence-corrected chi connectivity index (χ4v) is 3.40. The first kappa shape index (κ1) is 13.9. The number of aliphatic hydroxyl groups is 1. The molecule has 1 fully saturated rings. The summed E-state index contributed by atoms with van der Waals surface area (Å²) in [5.74, 6) is 0.401. The minimum atomic E-state index is -0.0882. The molecule has 1 aliphatic rings. The Kier molecular flexibility index (Phi) is 4.01. The highest BCUT2D eigenvalue weighted by Gasteiger charge is 2.26. The predicted molar refractivity (Wildman–Crippen MR) is 80.7 cm³/mol. The van der Waals surface area contributed by atoms with Crippen LogP contribution in [0.25, 0.3) is 5.69 Å². The minimum absolute atomic E-state index is 0.0882. The van der Waals surface area contributed by atoms with Gasteiger partial charge in [0.15, 0.2) is 0 Å². The largest absolute Gasteiger partial charge is 0.391 e. The van der Waals surface area contributed by atoms with Gasteiger partial charge in [-0.1, -0.05) is 48.2 Å². The van der Waals surface area contributed by atoms with E-state index in [0.717, 1.165) is 29.8 Å². The molecule has 0 spiro atoms. The summed E-state index contributed by atoms with van der Waals surface area (Å²) in [5, 5.41) is 15.3. The number of aromatic nitrogens is 2. The zero-order valence-corrected chi connectivity index (χ0v) is 12.5. The number of halogens is 2. The number of nitrogens with zero attached hydrogens (tertiary/aromatic N) is 2. The van der Waals surface area contributed by atoms with E-state index < -0.39 is 0 Å². The van der Waals surface area contributed by atoms with Crippen LogP contribution < -0.4 is 0 Å². The Hall–Kier alpha value is -1.03. The first-order chi connectivity index (χ1) is 9.72. The predicted octanol–water partition coefficient (Wildman–Crippen LogP) is 4.33. The van der Waals surface area contributed by atoms with Gasteiger partial charge in [0.2, 0.25) is 0 Å². The summed E-state index contributed by atoms with van der Waals surface area (Å²) in [6.45, 7) is -0.0882. The van der Waals surface area contributed by atoms with Crippen LogP contribution in [0.15, 0.2) is 24.3 Å². The Morgan fingerprint density at radius 1 is 1.20 bits per heavy atom. The fourth-order valence-electron chi connectivity index (χ4n) is 2.90. The normalized spacial score (nSPS) is 15.9. The van der Waals surface area contributed by atoms with Gasteiger partial charge in [-0.25, -0.2) is 4.68 Å². The van der Waals surface area contributed by atoms with Gasteiger partial charge in [-0.15, -0.1) is 0 Å². The van der Waals surface area contributed by atoms with Crippen molar-refractivity contribution in [1.82, 2.24) is 9.78 Å². The van der Waals surface area contributed by atoms with Crippen molar-refractivity contribution >= 4 is 23.2 Å². The standard InChI is InChI=1S/C15H16Cl2N2O/c16-12-7-3-4-8-13(12)19-15(17)11(9-20)14(18-19)10-5-1-2-6-10/h3-4,7-8,10,20H,1-2,5-6,9H2. The highest BCUT2D eigenvalue weighted by atomic mass is 35.5. The van der Waals surface area contributed by atoms with Gasteiger partial charge in [-0.3, -0.25) is 0 Å². The van der Waals surface area contributed by atoms with Crippen LogP contribution in [0, 0.1) is 0 Å². The van der Waals surface area contributed by atoms with E-state index in [-0.39, 0.29) is 6.61 Å². The Morgan fingerprint density at radius 2 is 1.90 bits per heavy atom. The third kappa shape index (κ3) is 2.34. The van der Waals surface area contributed by atoms with E-state index in [1.165, 1.54) is 12.8 Å². The van der Waals surface area contributed by atoms with Crippen LogP contribution in [0.2, 0.25) is 10.2 Å². The van der Waals surface area contributed by atoms with Crippen LogP contribution in [0.3, 0.4) is 0 Å².